The quantitative estimate of drug-likeness (QED) is 0.634. The summed E-state index contributed by atoms with van der Waals surface area (Å²) >= 11 is 1.87. The van der Waals surface area contributed by atoms with Crippen molar-refractivity contribution in [3.8, 4) is 6.07 Å². The average molecular weight is 199 g/mol. The van der Waals surface area contributed by atoms with E-state index >= 15 is 0 Å². The summed E-state index contributed by atoms with van der Waals surface area (Å²) < 4.78 is 4.93. The monoisotopic (exact) mass is 199 g/mol. The van der Waals surface area contributed by atoms with Crippen LogP contribution in [0, 0.1) is 17.2 Å². The molecule has 1 rings (SSSR count). The van der Waals surface area contributed by atoms with Gasteiger partial charge in [0.25, 0.3) is 0 Å². The number of esters is 1. The first kappa shape index (κ1) is 10.4. The minimum atomic E-state index is -0.609. The first-order chi connectivity index (χ1) is 6.24. The summed E-state index contributed by atoms with van der Waals surface area (Å²) in [5.41, 5.74) is 0. The summed E-state index contributed by atoms with van der Waals surface area (Å²) in [5, 5.41) is 8.45. The van der Waals surface area contributed by atoms with Crippen LogP contribution >= 0.6 is 11.8 Å². The molecule has 72 valence electrons. The van der Waals surface area contributed by atoms with Gasteiger partial charge in [-0.25, -0.2) is 0 Å². The molecule has 1 fully saturated rings. The molecule has 0 aliphatic carbocycles. The van der Waals surface area contributed by atoms with Crippen LogP contribution in [0.25, 0.3) is 0 Å². The van der Waals surface area contributed by atoms with E-state index < -0.39 is 6.10 Å². The first-order valence-corrected chi connectivity index (χ1v) is 5.57. The Bertz CT molecular complexity index is 218. The summed E-state index contributed by atoms with van der Waals surface area (Å²) in [5.74, 6) is 1.88. The van der Waals surface area contributed by atoms with Gasteiger partial charge in [-0.05, 0) is 31.3 Å². The minimum Gasteiger partial charge on any atom is -0.447 e. The highest BCUT2D eigenvalue weighted by Crippen LogP contribution is 2.23. The van der Waals surface area contributed by atoms with Crippen molar-refractivity contribution < 1.29 is 9.53 Å². The summed E-state index contributed by atoms with van der Waals surface area (Å²) in [6.07, 6.45) is 1.17. The fourth-order valence-corrected chi connectivity index (χ4v) is 2.34. The van der Waals surface area contributed by atoms with Gasteiger partial charge in [0, 0.05) is 0 Å². The molecule has 1 unspecified atom stereocenters. The zero-order chi connectivity index (χ0) is 9.68. The molecule has 1 aliphatic rings. The maximum absolute atomic E-state index is 11.4. The molecular weight excluding hydrogens is 186 g/mol. The van der Waals surface area contributed by atoms with Crippen LogP contribution in [-0.2, 0) is 9.53 Å². The number of ether oxygens (including phenoxy) is 1. The maximum Gasteiger partial charge on any atom is 0.310 e. The van der Waals surface area contributed by atoms with Crippen molar-refractivity contribution >= 4 is 17.7 Å². The largest absolute Gasteiger partial charge is 0.447 e. The first-order valence-electron chi connectivity index (χ1n) is 4.42. The molecule has 1 heterocycles. The lowest BCUT2D eigenvalue weighted by Crippen LogP contribution is -2.25. The van der Waals surface area contributed by atoms with Crippen LogP contribution in [0.3, 0.4) is 0 Å². The molecule has 0 aromatic rings. The fraction of sp³-hybridized carbons (Fsp3) is 0.778. The number of carbonyl (C=O) groups excluding carboxylic acids is 1. The van der Waals surface area contributed by atoms with Gasteiger partial charge in [0.15, 0.2) is 6.10 Å². The van der Waals surface area contributed by atoms with Gasteiger partial charge in [0.1, 0.15) is 6.07 Å². The van der Waals surface area contributed by atoms with Crippen LogP contribution < -0.4 is 0 Å². The predicted molar refractivity (Wildman–Crippen MR) is 51.2 cm³/mol. The fourth-order valence-electron chi connectivity index (χ4n) is 1.23. The molecule has 13 heavy (non-hydrogen) atoms. The van der Waals surface area contributed by atoms with E-state index in [1.54, 1.807) is 6.92 Å². The Morgan fingerprint density at radius 3 is 2.77 bits per heavy atom. The van der Waals surface area contributed by atoms with Crippen molar-refractivity contribution in [1.82, 2.24) is 0 Å². The van der Waals surface area contributed by atoms with Gasteiger partial charge in [-0.2, -0.15) is 17.0 Å². The van der Waals surface area contributed by atoms with E-state index in [0.717, 1.165) is 24.3 Å². The van der Waals surface area contributed by atoms with E-state index in [1.165, 1.54) is 0 Å². The normalized spacial score (nSPS) is 20.3. The Balaban J connectivity index is 2.34. The summed E-state index contributed by atoms with van der Waals surface area (Å²) in [4.78, 5) is 11.4. The summed E-state index contributed by atoms with van der Waals surface area (Å²) in [6, 6.07) is 1.89. The molecule has 1 saturated heterocycles. The number of thioether (sulfide) groups is 1. The molecule has 0 aromatic heterocycles. The van der Waals surface area contributed by atoms with Crippen LogP contribution in [0.4, 0.5) is 0 Å². The van der Waals surface area contributed by atoms with Gasteiger partial charge in [0.05, 0.1) is 5.92 Å². The molecule has 1 aliphatic heterocycles. The molecule has 0 spiro atoms. The second-order valence-corrected chi connectivity index (χ2v) is 4.32. The van der Waals surface area contributed by atoms with Crippen LogP contribution in [0.2, 0.25) is 0 Å². The second-order valence-electron chi connectivity index (χ2n) is 3.09. The lowest BCUT2D eigenvalue weighted by atomic mass is 10.0. The van der Waals surface area contributed by atoms with Gasteiger partial charge in [-0.3, -0.25) is 4.79 Å². The molecule has 0 bridgehead atoms. The van der Waals surface area contributed by atoms with Gasteiger partial charge >= 0.3 is 5.97 Å². The molecule has 0 N–H and O–H groups in total. The van der Waals surface area contributed by atoms with E-state index in [1.807, 2.05) is 17.8 Å². The summed E-state index contributed by atoms with van der Waals surface area (Å²) in [6.45, 7) is 1.59. The Labute approximate surface area is 82.4 Å². The van der Waals surface area contributed by atoms with Crippen molar-refractivity contribution in [3.63, 3.8) is 0 Å². The number of nitrogens with zero attached hydrogens (tertiary/aromatic N) is 1. The molecule has 4 heteroatoms. The van der Waals surface area contributed by atoms with Gasteiger partial charge < -0.3 is 4.74 Å². The van der Waals surface area contributed by atoms with E-state index in [-0.39, 0.29) is 11.9 Å². The number of carbonyl (C=O) groups is 1. The van der Waals surface area contributed by atoms with E-state index in [4.69, 9.17) is 10.00 Å². The van der Waals surface area contributed by atoms with Gasteiger partial charge in [-0.15, -0.1) is 0 Å². The predicted octanol–water partition coefficient (Wildman–Crippen LogP) is 1.58. The molecule has 0 saturated carbocycles. The van der Waals surface area contributed by atoms with Crippen molar-refractivity contribution in [2.75, 3.05) is 11.5 Å². The maximum atomic E-state index is 11.4. The second kappa shape index (κ2) is 5.13. The van der Waals surface area contributed by atoms with Gasteiger partial charge in [0.2, 0.25) is 0 Å². The van der Waals surface area contributed by atoms with Crippen molar-refractivity contribution in [2.24, 2.45) is 5.92 Å². The molecule has 0 amide bonds. The third-order valence-corrected chi connectivity index (χ3v) is 3.08. The molecule has 0 radical (unpaired) electrons. The van der Waals surface area contributed by atoms with Crippen LogP contribution in [0.15, 0.2) is 0 Å². The van der Waals surface area contributed by atoms with Crippen LogP contribution in [0.5, 0.6) is 0 Å². The van der Waals surface area contributed by atoms with Crippen molar-refractivity contribution in [3.05, 3.63) is 0 Å². The Morgan fingerprint density at radius 1 is 1.62 bits per heavy atom. The molecule has 1 atom stereocenters. The zero-order valence-corrected chi connectivity index (χ0v) is 8.47. The molecule has 0 aromatic carbocycles. The molecule has 3 nitrogen and oxygen atoms in total. The number of hydrogen-bond acceptors (Lipinski definition) is 4. The van der Waals surface area contributed by atoms with E-state index in [0.29, 0.717) is 0 Å². The number of rotatable bonds is 2. The third-order valence-electron chi connectivity index (χ3n) is 2.03. The highest BCUT2D eigenvalue weighted by molar-refractivity contribution is 7.99. The van der Waals surface area contributed by atoms with Crippen molar-refractivity contribution in [1.29, 1.82) is 5.26 Å². The topological polar surface area (TPSA) is 50.1 Å². The average Bonchev–Trinajstić information content (AvgIpc) is 2.19. The van der Waals surface area contributed by atoms with E-state index in [9.17, 15) is 4.79 Å². The smallest absolute Gasteiger partial charge is 0.310 e. The Kier molecular flexibility index (Phi) is 4.10. The Morgan fingerprint density at radius 2 is 2.23 bits per heavy atom. The lowest BCUT2D eigenvalue weighted by Gasteiger charge is -2.20. The number of nitriles is 1. The van der Waals surface area contributed by atoms with Crippen LogP contribution in [0.1, 0.15) is 19.8 Å². The minimum absolute atomic E-state index is 0.0250. The van der Waals surface area contributed by atoms with Gasteiger partial charge in [-0.1, -0.05) is 0 Å². The highest BCUT2D eigenvalue weighted by Gasteiger charge is 2.23. The number of hydrogen-bond donors (Lipinski definition) is 0. The summed E-state index contributed by atoms with van der Waals surface area (Å²) in [7, 11) is 0. The third kappa shape index (κ3) is 3.27. The van der Waals surface area contributed by atoms with Crippen molar-refractivity contribution in [2.45, 2.75) is 25.9 Å². The standard InChI is InChI=1S/C9H13NO2S/c1-7(6-10)12-9(11)8-2-4-13-5-3-8/h7-8H,2-5H2,1H3. The highest BCUT2D eigenvalue weighted by atomic mass is 32.2. The van der Waals surface area contributed by atoms with Crippen LogP contribution in [-0.4, -0.2) is 23.6 Å². The lowest BCUT2D eigenvalue weighted by molar-refractivity contribution is -0.151. The Hall–Kier alpha value is -0.690. The van der Waals surface area contributed by atoms with E-state index in [2.05, 4.69) is 0 Å². The SMILES string of the molecule is CC(C#N)OC(=O)C1CCSCC1. The zero-order valence-electron chi connectivity index (χ0n) is 7.66. The molecular formula is C9H13NO2S.